The Morgan fingerprint density at radius 1 is 1.43 bits per heavy atom. The monoisotopic (exact) mass is 357 g/mol. The van der Waals surface area contributed by atoms with Crippen LogP contribution in [0.3, 0.4) is 0 Å². The minimum atomic E-state index is -0.358. The highest BCUT2D eigenvalue weighted by Gasteiger charge is 2.22. The van der Waals surface area contributed by atoms with Crippen molar-refractivity contribution in [3.05, 3.63) is 15.7 Å². The number of halogens is 1. The van der Waals surface area contributed by atoms with Crippen LogP contribution in [0.1, 0.15) is 41.9 Å². The predicted molar refractivity (Wildman–Crippen MR) is 92.5 cm³/mol. The van der Waals surface area contributed by atoms with E-state index in [1.165, 1.54) is 11.3 Å². The van der Waals surface area contributed by atoms with Gasteiger partial charge in [0, 0.05) is 0 Å². The number of carbonyl (C=O) groups is 1. The molecule has 0 aliphatic carbocycles. The summed E-state index contributed by atoms with van der Waals surface area (Å²) in [5, 5.41) is 13.4. The van der Waals surface area contributed by atoms with E-state index in [1.54, 1.807) is 0 Å². The van der Waals surface area contributed by atoms with Gasteiger partial charge < -0.3 is 15.2 Å². The predicted octanol–water partition coefficient (Wildman–Crippen LogP) is 3.40. The molecule has 0 bridgehead atoms. The second kappa shape index (κ2) is 7.90. The molecule has 6 nitrogen and oxygen atoms in total. The number of hydrogen-bond donors (Lipinski definition) is 2. The molecule has 2 heterocycles. The number of fused-ring (bicyclic) bond motifs is 1. The van der Waals surface area contributed by atoms with Crippen LogP contribution >= 0.6 is 22.9 Å². The second-order valence-electron chi connectivity index (χ2n) is 5.15. The molecule has 0 fully saturated rings. The lowest BCUT2D eigenvalue weighted by molar-refractivity contribution is 0.0510. The highest BCUT2D eigenvalue weighted by molar-refractivity contribution is 7.20. The Hall–Kier alpha value is -1.44. The molecule has 2 rings (SSSR count). The molecule has 1 atom stereocenters. The van der Waals surface area contributed by atoms with E-state index in [1.807, 2.05) is 20.8 Å². The van der Waals surface area contributed by atoms with E-state index in [0.29, 0.717) is 22.1 Å². The van der Waals surface area contributed by atoms with Gasteiger partial charge in [-0.25, -0.2) is 14.8 Å². The Kier molecular flexibility index (Phi) is 6.15. The first kappa shape index (κ1) is 17.9. The second-order valence-corrected chi connectivity index (χ2v) is 6.48. The molecule has 8 heteroatoms. The van der Waals surface area contributed by atoms with Crippen molar-refractivity contribution >= 4 is 44.9 Å². The number of aryl methyl sites for hydroxylation is 1. The number of nitrogens with zero attached hydrogens (tertiary/aromatic N) is 2. The molecule has 0 aliphatic heterocycles. The number of nitrogens with one attached hydrogen (secondary N) is 1. The Bertz CT molecular complexity index is 701. The quantitative estimate of drug-likeness (QED) is 0.583. The van der Waals surface area contributed by atoms with Gasteiger partial charge in [0.25, 0.3) is 0 Å². The van der Waals surface area contributed by atoms with Crippen molar-refractivity contribution in [2.45, 2.75) is 39.7 Å². The molecule has 2 aromatic rings. The number of hydrogen-bond acceptors (Lipinski definition) is 7. The van der Waals surface area contributed by atoms with E-state index >= 15 is 0 Å². The summed E-state index contributed by atoms with van der Waals surface area (Å²) in [6, 6.07) is -0.140. The van der Waals surface area contributed by atoms with Gasteiger partial charge in [0.05, 0.1) is 24.6 Å². The van der Waals surface area contributed by atoms with Crippen LogP contribution < -0.4 is 5.32 Å². The average molecular weight is 358 g/mol. The van der Waals surface area contributed by atoms with Crippen molar-refractivity contribution in [1.29, 1.82) is 0 Å². The SMILES string of the molecule is CCCOC(=O)c1sc2nc(Cl)nc(NC(CC)CO)c2c1C. The third-order valence-electron chi connectivity index (χ3n) is 3.44. The average Bonchev–Trinajstić information content (AvgIpc) is 2.86. The Labute approximate surface area is 143 Å². The van der Waals surface area contributed by atoms with Gasteiger partial charge in [0.1, 0.15) is 15.5 Å². The van der Waals surface area contributed by atoms with Crippen LogP contribution in [0.5, 0.6) is 0 Å². The van der Waals surface area contributed by atoms with Crippen LogP contribution in [0, 0.1) is 6.92 Å². The van der Waals surface area contributed by atoms with E-state index < -0.39 is 0 Å². The summed E-state index contributed by atoms with van der Waals surface area (Å²) in [6.07, 6.45) is 1.50. The third kappa shape index (κ3) is 3.91. The van der Waals surface area contributed by atoms with Crippen LogP contribution in [0.2, 0.25) is 5.28 Å². The van der Waals surface area contributed by atoms with E-state index in [0.717, 1.165) is 23.8 Å². The van der Waals surface area contributed by atoms with Crippen LogP contribution in [0.25, 0.3) is 10.2 Å². The van der Waals surface area contributed by atoms with Crippen molar-refractivity contribution in [2.75, 3.05) is 18.5 Å². The smallest absolute Gasteiger partial charge is 0.348 e. The third-order valence-corrected chi connectivity index (χ3v) is 4.77. The first-order chi connectivity index (χ1) is 11.0. The molecule has 1 unspecified atom stereocenters. The molecule has 2 aromatic heterocycles. The summed E-state index contributed by atoms with van der Waals surface area (Å²) in [7, 11) is 0. The zero-order valence-electron chi connectivity index (χ0n) is 13.4. The number of carbonyl (C=O) groups excluding carboxylic acids is 1. The van der Waals surface area contributed by atoms with Crippen molar-refractivity contribution in [2.24, 2.45) is 0 Å². The maximum atomic E-state index is 12.2. The molecule has 0 amide bonds. The summed E-state index contributed by atoms with van der Waals surface area (Å²) in [4.78, 5) is 21.7. The number of aromatic nitrogens is 2. The van der Waals surface area contributed by atoms with Gasteiger partial charge in [-0.3, -0.25) is 0 Å². The van der Waals surface area contributed by atoms with Gasteiger partial charge in [0.2, 0.25) is 5.28 Å². The van der Waals surface area contributed by atoms with Crippen molar-refractivity contribution in [3.8, 4) is 0 Å². The van der Waals surface area contributed by atoms with Crippen molar-refractivity contribution in [1.82, 2.24) is 9.97 Å². The molecular formula is C15H20ClN3O3S. The minimum absolute atomic E-state index is 0.0196. The zero-order valence-corrected chi connectivity index (χ0v) is 14.9. The normalized spacial score (nSPS) is 12.4. The maximum Gasteiger partial charge on any atom is 0.348 e. The molecule has 2 N–H and O–H groups in total. The molecular weight excluding hydrogens is 338 g/mol. The topological polar surface area (TPSA) is 84.3 Å². The highest BCUT2D eigenvalue weighted by atomic mass is 35.5. The number of ether oxygens (including phenoxy) is 1. The fourth-order valence-electron chi connectivity index (χ4n) is 2.14. The Balaban J connectivity index is 2.48. The number of aliphatic hydroxyl groups is 1. The molecule has 0 radical (unpaired) electrons. The van der Waals surface area contributed by atoms with E-state index in [-0.39, 0.29) is 23.9 Å². The van der Waals surface area contributed by atoms with Crippen LogP contribution in [-0.2, 0) is 4.74 Å². The number of anilines is 1. The van der Waals surface area contributed by atoms with Gasteiger partial charge in [-0.1, -0.05) is 13.8 Å². The van der Waals surface area contributed by atoms with Gasteiger partial charge in [-0.05, 0) is 36.9 Å². The van der Waals surface area contributed by atoms with Crippen molar-refractivity contribution in [3.63, 3.8) is 0 Å². The Morgan fingerprint density at radius 2 is 2.17 bits per heavy atom. The number of esters is 1. The van der Waals surface area contributed by atoms with E-state index in [2.05, 4.69) is 15.3 Å². The molecule has 126 valence electrons. The molecule has 0 spiro atoms. The van der Waals surface area contributed by atoms with Crippen LogP contribution in [0.15, 0.2) is 0 Å². The fraction of sp³-hybridized carbons (Fsp3) is 0.533. The van der Waals surface area contributed by atoms with Crippen molar-refractivity contribution < 1.29 is 14.6 Å². The zero-order chi connectivity index (χ0) is 17.0. The lowest BCUT2D eigenvalue weighted by atomic mass is 10.2. The summed E-state index contributed by atoms with van der Waals surface area (Å²) in [5.74, 6) is 0.174. The van der Waals surface area contributed by atoms with Crippen LogP contribution in [0.4, 0.5) is 5.82 Å². The van der Waals surface area contributed by atoms with Gasteiger partial charge in [0.15, 0.2) is 0 Å². The molecule has 0 saturated heterocycles. The Morgan fingerprint density at radius 3 is 2.78 bits per heavy atom. The van der Waals surface area contributed by atoms with Gasteiger partial charge in [-0.2, -0.15) is 0 Å². The standard InChI is InChI=1S/C15H20ClN3O3S/c1-4-6-22-14(21)11-8(3)10-12(17-9(5-2)7-20)18-15(16)19-13(10)23-11/h9,20H,4-7H2,1-3H3,(H,17,18,19). The fourth-order valence-corrected chi connectivity index (χ4v) is 3.44. The minimum Gasteiger partial charge on any atom is -0.462 e. The van der Waals surface area contributed by atoms with E-state index in [4.69, 9.17) is 16.3 Å². The molecule has 0 aliphatic rings. The van der Waals surface area contributed by atoms with Gasteiger partial charge in [-0.15, -0.1) is 11.3 Å². The van der Waals surface area contributed by atoms with E-state index in [9.17, 15) is 9.90 Å². The summed E-state index contributed by atoms with van der Waals surface area (Å²) < 4.78 is 5.21. The first-order valence-electron chi connectivity index (χ1n) is 7.52. The van der Waals surface area contributed by atoms with Gasteiger partial charge >= 0.3 is 5.97 Å². The molecule has 23 heavy (non-hydrogen) atoms. The highest BCUT2D eigenvalue weighted by Crippen LogP contribution is 2.35. The first-order valence-corrected chi connectivity index (χ1v) is 8.72. The summed E-state index contributed by atoms with van der Waals surface area (Å²) in [5.41, 5.74) is 0.762. The lowest BCUT2D eigenvalue weighted by Gasteiger charge is -2.15. The summed E-state index contributed by atoms with van der Waals surface area (Å²) >= 11 is 7.22. The lowest BCUT2D eigenvalue weighted by Crippen LogP contribution is -2.23. The number of rotatable bonds is 7. The molecule has 0 aromatic carbocycles. The largest absolute Gasteiger partial charge is 0.462 e. The van der Waals surface area contributed by atoms with Crippen LogP contribution in [-0.4, -0.2) is 40.3 Å². The summed E-state index contributed by atoms with van der Waals surface area (Å²) in [6.45, 7) is 6.10. The molecule has 0 saturated carbocycles. The number of aliphatic hydroxyl groups excluding tert-OH is 1. The maximum absolute atomic E-state index is 12.2. The number of thiophene rings is 1.